The number of carbonyl (C=O) groups excluding carboxylic acids is 5. The van der Waals surface area contributed by atoms with Crippen molar-refractivity contribution in [3.05, 3.63) is 28.4 Å². The number of aromatic amines is 1. The van der Waals surface area contributed by atoms with Gasteiger partial charge in [0, 0.05) is 37.6 Å². The molecule has 0 aliphatic carbocycles. The molecule has 2 aromatic rings. The molecule has 172 valence electrons. The van der Waals surface area contributed by atoms with Gasteiger partial charge >= 0.3 is 23.9 Å². The zero-order chi connectivity index (χ0) is 24.0. The fraction of sp³-hybridized carbons (Fsp3) is 0.400. The minimum Gasteiger partial charge on any atom is -0.462 e. The Hall–Kier alpha value is -3.28. The van der Waals surface area contributed by atoms with Gasteiger partial charge in [0.15, 0.2) is 12.2 Å². The molecule has 3 atom stereocenters. The number of ketones is 1. The molecule has 12 heteroatoms. The monoisotopic (exact) mass is 512 g/mol. The van der Waals surface area contributed by atoms with Crippen molar-refractivity contribution in [2.24, 2.45) is 0 Å². The van der Waals surface area contributed by atoms with E-state index in [0.29, 0.717) is 10.9 Å². The Labute approximate surface area is 190 Å². The van der Waals surface area contributed by atoms with E-state index in [1.807, 2.05) is 0 Å². The van der Waals surface area contributed by atoms with Crippen LogP contribution in [0.5, 0.6) is 0 Å². The molecule has 0 unspecified atom stereocenters. The van der Waals surface area contributed by atoms with Crippen LogP contribution in [0.4, 0.5) is 0 Å². The number of rotatable bonds is 9. The zero-order valence-corrected chi connectivity index (χ0v) is 19.3. The predicted molar refractivity (Wildman–Crippen MR) is 111 cm³/mol. The number of H-pyrrole nitrogens is 1. The number of fused-ring (bicyclic) bond motifs is 1. The number of ether oxygens (including phenoxy) is 4. The number of benzene rings is 1. The number of esters is 4. The minimum atomic E-state index is -1.74. The molecule has 1 aromatic carbocycles. The average molecular weight is 513 g/mol. The quantitative estimate of drug-likeness (QED) is 0.299. The summed E-state index contributed by atoms with van der Waals surface area (Å²) in [6.07, 6.45) is -4.80. The maximum Gasteiger partial charge on any atom is 0.303 e. The molecule has 2 rings (SSSR count). The van der Waals surface area contributed by atoms with Gasteiger partial charge < -0.3 is 18.9 Å². The molecule has 0 saturated heterocycles. The second-order valence-corrected chi connectivity index (χ2v) is 7.60. The highest BCUT2D eigenvalue weighted by molar-refractivity contribution is 9.10. The van der Waals surface area contributed by atoms with Crippen LogP contribution in [0.3, 0.4) is 0 Å². The van der Waals surface area contributed by atoms with E-state index in [9.17, 15) is 24.0 Å². The molecular formula is C20H21BrN2O9. The number of hydrogen-bond donors (Lipinski definition) is 1. The Kier molecular flexibility index (Phi) is 8.47. The summed E-state index contributed by atoms with van der Waals surface area (Å²) in [7, 11) is 0. The fourth-order valence-corrected chi connectivity index (χ4v) is 3.26. The molecule has 0 aliphatic rings. The Bertz CT molecular complexity index is 1050. The summed E-state index contributed by atoms with van der Waals surface area (Å²) in [5, 5.41) is 7.11. The van der Waals surface area contributed by atoms with Crippen molar-refractivity contribution in [2.75, 3.05) is 6.61 Å². The summed E-state index contributed by atoms with van der Waals surface area (Å²) in [6, 6.07) is 4.98. The molecule has 0 bridgehead atoms. The topological polar surface area (TPSA) is 151 Å². The Morgan fingerprint density at radius 2 is 1.56 bits per heavy atom. The van der Waals surface area contributed by atoms with Crippen molar-refractivity contribution in [3.8, 4) is 0 Å². The third-order valence-electron chi connectivity index (χ3n) is 4.04. The Morgan fingerprint density at radius 1 is 0.938 bits per heavy atom. The second kappa shape index (κ2) is 10.8. The summed E-state index contributed by atoms with van der Waals surface area (Å²) < 4.78 is 21.1. The first-order valence-corrected chi connectivity index (χ1v) is 10.1. The van der Waals surface area contributed by atoms with Gasteiger partial charge in [0.1, 0.15) is 12.3 Å². The van der Waals surface area contributed by atoms with Crippen LogP contribution in [0.2, 0.25) is 0 Å². The summed E-state index contributed by atoms with van der Waals surface area (Å²) in [5.74, 6) is -4.04. The Morgan fingerprint density at radius 3 is 2.12 bits per heavy atom. The van der Waals surface area contributed by atoms with Gasteiger partial charge in [0.25, 0.3) is 0 Å². The zero-order valence-electron chi connectivity index (χ0n) is 17.7. The first kappa shape index (κ1) is 25.0. The highest BCUT2D eigenvalue weighted by Gasteiger charge is 2.43. The average Bonchev–Trinajstić information content (AvgIpc) is 3.09. The summed E-state index contributed by atoms with van der Waals surface area (Å²) in [5.41, 5.74) is 0.426. The molecule has 0 saturated carbocycles. The summed E-state index contributed by atoms with van der Waals surface area (Å²) in [6.45, 7) is 3.76. The number of nitrogens with one attached hydrogen (secondary N) is 1. The third-order valence-corrected chi connectivity index (χ3v) is 4.54. The van der Waals surface area contributed by atoms with Crippen molar-refractivity contribution in [3.63, 3.8) is 0 Å². The highest BCUT2D eigenvalue weighted by Crippen LogP contribution is 2.25. The summed E-state index contributed by atoms with van der Waals surface area (Å²) >= 11 is 3.31. The predicted octanol–water partition coefficient (Wildman–Crippen LogP) is 1.87. The molecular weight excluding hydrogens is 492 g/mol. The number of hydrogen-bond acceptors (Lipinski definition) is 10. The maximum absolute atomic E-state index is 13.4. The minimum absolute atomic E-state index is 0.0926. The van der Waals surface area contributed by atoms with Gasteiger partial charge in [-0.2, -0.15) is 5.10 Å². The van der Waals surface area contributed by atoms with Crippen LogP contribution in [0.15, 0.2) is 22.7 Å². The lowest BCUT2D eigenvalue weighted by molar-refractivity contribution is -0.185. The molecule has 1 heterocycles. The summed E-state index contributed by atoms with van der Waals surface area (Å²) in [4.78, 5) is 59.9. The van der Waals surface area contributed by atoms with Crippen molar-refractivity contribution in [1.82, 2.24) is 10.2 Å². The van der Waals surface area contributed by atoms with Gasteiger partial charge in [-0.3, -0.25) is 29.1 Å². The van der Waals surface area contributed by atoms with Crippen LogP contribution in [0, 0.1) is 0 Å². The first-order chi connectivity index (χ1) is 15.0. The van der Waals surface area contributed by atoms with Crippen molar-refractivity contribution < 1.29 is 42.9 Å². The number of nitrogens with zero attached hydrogens (tertiary/aromatic N) is 1. The van der Waals surface area contributed by atoms with Gasteiger partial charge in [-0.05, 0) is 18.2 Å². The number of aromatic nitrogens is 2. The molecule has 0 aliphatic heterocycles. The largest absolute Gasteiger partial charge is 0.462 e. The van der Waals surface area contributed by atoms with Crippen LogP contribution >= 0.6 is 15.9 Å². The van der Waals surface area contributed by atoms with Crippen LogP contribution in [-0.4, -0.2) is 64.8 Å². The lowest BCUT2D eigenvalue weighted by Crippen LogP contribution is -2.50. The van der Waals surface area contributed by atoms with Crippen molar-refractivity contribution in [1.29, 1.82) is 0 Å². The third kappa shape index (κ3) is 6.61. The standard InChI is InChI=1S/C20H21BrN2O9/c1-9(24)29-8-16(30-10(2)25)19(31-11(3)26)20(32-12(4)27)18(28)17-14-6-5-13(21)7-15(14)22-23-17/h5-7,16,19-20H,8H2,1-4H3,(H,22,23)/t16-,19-,20+/m1/s1. The van der Waals surface area contributed by atoms with Crippen LogP contribution in [-0.2, 0) is 38.1 Å². The van der Waals surface area contributed by atoms with Crippen LogP contribution in [0.25, 0.3) is 10.9 Å². The second-order valence-electron chi connectivity index (χ2n) is 6.68. The lowest BCUT2D eigenvalue weighted by Gasteiger charge is -2.30. The highest BCUT2D eigenvalue weighted by atomic mass is 79.9. The van der Waals surface area contributed by atoms with E-state index in [0.717, 1.165) is 32.2 Å². The molecule has 11 nitrogen and oxygen atoms in total. The van der Waals surface area contributed by atoms with E-state index in [1.165, 1.54) is 0 Å². The fourth-order valence-electron chi connectivity index (χ4n) is 2.90. The van der Waals surface area contributed by atoms with Gasteiger partial charge in [0.2, 0.25) is 11.9 Å². The van der Waals surface area contributed by atoms with E-state index in [-0.39, 0.29) is 5.69 Å². The van der Waals surface area contributed by atoms with E-state index in [4.69, 9.17) is 18.9 Å². The molecule has 0 amide bonds. The van der Waals surface area contributed by atoms with Gasteiger partial charge in [-0.1, -0.05) is 15.9 Å². The Balaban J connectivity index is 2.54. The smallest absolute Gasteiger partial charge is 0.303 e. The van der Waals surface area contributed by atoms with Crippen LogP contribution in [0.1, 0.15) is 38.2 Å². The van der Waals surface area contributed by atoms with Gasteiger partial charge in [-0.15, -0.1) is 0 Å². The van der Waals surface area contributed by atoms with E-state index < -0.39 is 54.6 Å². The van der Waals surface area contributed by atoms with Gasteiger partial charge in [-0.25, -0.2) is 0 Å². The van der Waals surface area contributed by atoms with E-state index in [1.54, 1.807) is 18.2 Å². The SMILES string of the molecule is CC(=O)OC[C@@H](OC(C)=O)[C@@H](OC(C)=O)[C@@H](OC(C)=O)C(=O)c1n[nH]c2cc(Br)ccc12. The normalized spacial score (nSPS) is 13.5. The molecule has 1 aromatic heterocycles. The molecule has 0 fully saturated rings. The molecule has 0 radical (unpaired) electrons. The van der Waals surface area contributed by atoms with Crippen molar-refractivity contribution in [2.45, 2.75) is 46.0 Å². The molecule has 0 spiro atoms. The van der Waals surface area contributed by atoms with Gasteiger partial charge in [0.05, 0.1) is 5.52 Å². The maximum atomic E-state index is 13.4. The number of carbonyl (C=O) groups is 5. The number of halogens is 1. The van der Waals surface area contributed by atoms with E-state index in [2.05, 4.69) is 26.1 Å². The van der Waals surface area contributed by atoms with Crippen LogP contribution < -0.4 is 0 Å². The number of Topliss-reactive ketones (excluding diaryl/α,β-unsaturated/α-hetero) is 1. The molecule has 32 heavy (non-hydrogen) atoms. The molecule has 1 N–H and O–H groups in total. The van der Waals surface area contributed by atoms with Crippen molar-refractivity contribution >= 4 is 56.5 Å². The first-order valence-electron chi connectivity index (χ1n) is 9.32. The van der Waals surface area contributed by atoms with E-state index >= 15 is 0 Å². The lowest BCUT2D eigenvalue weighted by atomic mass is 9.99.